The molecule has 1 aliphatic rings. The van der Waals surface area contributed by atoms with E-state index in [0.29, 0.717) is 33.3 Å². The average Bonchev–Trinajstić information content (AvgIpc) is 3.05. The number of carboxylic acids is 1. The molecule has 2 atom stereocenters. The van der Waals surface area contributed by atoms with Crippen molar-refractivity contribution in [3.8, 4) is 5.75 Å². The summed E-state index contributed by atoms with van der Waals surface area (Å²) in [5, 5.41) is 12.1. The van der Waals surface area contributed by atoms with Gasteiger partial charge in [0.05, 0.1) is 22.9 Å². The number of carbonyl (C=O) groups excluding carboxylic acids is 1. The highest BCUT2D eigenvalue weighted by molar-refractivity contribution is 9.09. The van der Waals surface area contributed by atoms with Crippen molar-refractivity contribution < 1.29 is 24.1 Å². The molecular weight excluding hydrogens is 447 g/mol. The van der Waals surface area contributed by atoms with Gasteiger partial charge in [-0.1, -0.05) is 45.2 Å². The van der Waals surface area contributed by atoms with Crippen molar-refractivity contribution >= 4 is 45.1 Å². The lowest BCUT2D eigenvalue weighted by Crippen LogP contribution is -2.31. The molecule has 1 aliphatic heterocycles. The third kappa shape index (κ3) is 4.15. The van der Waals surface area contributed by atoms with Crippen LogP contribution in [0.2, 0.25) is 10.0 Å². The standard InChI is InChI=1S/C18H15BrCl2O5/c19-10-18(15-6-3-12(20)7-16(15)21)25-9-14(26-18)8-24-13-4-1-11(2-5-13)17(22)23/h1-7,14H,8-10H2,(H,22,23)/p-1. The molecule has 8 heteroatoms. The number of benzene rings is 2. The van der Waals surface area contributed by atoms with Crippen LogP contribution in [0.1, 0.15) is 15.9 Å². The summed E-state index contributed by atoms with van der Waals surface area (Å²) in [6.45, 7) is 0.562. The van der Waals surface area contributed by atoms with E-state index in [1.165, 1.54) is 12.1 Å². The number of carboxylic acid groups (broad SMARTS) is 1. The number of aromatic carboxylic acids is 1. The van der Waals surface area contributed by atoms with Gasteiger partial charge in [-0.25, -0.2) is 0 Å². The fraction of sp³-hybridized carbons (Fsp3) is 0.278. The van der Waals surface area contributed by atoms with Crippen LogP contribution in [0.25, 0.3) is 0 Å². The van der Waals surface area contributed by atoms with Crippen LogP contribution in [0.3, 0.4) is 0 Å². The van der Waals surface area contributed by atoms with Crippen molar-refractivity contribution in [2.24, 2.45) is 0 Å². The molecule has 0 spiro atoms. The zero-order valence-corrected chi connectivity index (χ0v) is 16.5. The van der Waals surface area contributed by atoms with Crippen molar-refractivity contribution in [1.82, 2.24) is 0 Å². The van der Waals surface area contributed by atoms with E-state index in [1.54, 1.807) is 30.3 Å². The Hall–Kier alpha value is -1.31. The third-order valence-electron chi connectivity index (χ3n) is 3.90. The second kappa shape index (κ2) is 8.15. The van der Waals surface area contributed by atoms with Crippen molar-refractivity contribution in [3.63, 3.8) is 0 Å². The molecule has 138 valence electrons. The van der Waals surface area contributed by atoms with Gasteiger partial charge in [0, 0.05) is 10.6 Å². The molecule has 1 saturated heterocycles. The number of hydrogen-bond acceptors (Lipinski definition) is 5. The number of hydrogen-bond donors (Lipinski definition) is 0. The highest BCUT2D eigenvalue weighted by Crippen LogP contribution is 2.40. The largest absolute Gasteiger partial charge is 0.545 e. The highest BCUT2D eigenvalue weighted by atomic mass is 79.9. The minimum absolute atomic E-state index is 0.0912. The molecular formula is C18H14BrCl2O5-. The first-order chi connectivity index (χ1) is 12.4. The minimum atomic E-state index is -1.23. The summed E-state index contributed by atoms with van der Waals surface area (Å²) in [7, 11) is 0. The average molecular weight is 461 g/mol. The van der Waals surface area contributed by atoms with E-state index in [2.05, 4.69) is 15.9 Å². The van der Waals surface area contributed by atoms with E-state index in [1.807, 2.05) is 0 Å². The normalized spacial score (nSPS) is 22.3. The fourth-order valence-corrected chi connectivity index (χ4v) is 3.75. The summed E-state index contributed by atoms with van der Waals surface area (Å²) >= 11 is 15.7. The number of ether oxygens (including phenoxy) is 3. The first kappa shape index (κ1) is 19.5. The molecule has 1 heterocycles. The predicted octanol–water partition coefficient (Wildman–Crippen LogP) is 3.40. The zero-order valence-electron chi connectivity index (χ0n) is 13.4. The first-order valence-corrected chi connectivity index (χ1v) is 9.59. The topological polar surface area (TPSA) is 67.8 Å². The molecule has 2 unspecified atom stereocenters. The summed E-state index contributed by atoms with van der Waals surface area (Å²) < 4.78 is 17.6. The zero-order chi connectivity index (χ0) is 18.7. The van der Waals surface area contributed by atoms with Gasteiger partial charge >= 0.3 is 0 Å². The Kier molecular flexibility index (Phi) is 6.10. The molecule has 1 fully saturated rings. The summed E-state index contributed by atoms with van der Waals surface area (Å²) in [5.74, 6) is -1.72. The Morgan fingerprint density at radius 2 is 2.00 bits per heavy atom. The lowest BCUT2D eigenvalue weighted by molar-refractivity contribution is -0.255. The summed E-state index contributed by atoms with van der Waals surface area (Å²) in [5.41, 5.74) is 0.773. The second-order valence-corrected chi connectivity index (χ2v) is 7.09. The predicted molar refractivity (Wildman–Crippen MR) is 99.0 cm³/mol. The summed E-state index contributed by atoms with van der Waals surface area (Å²) in [6.07, 6.45) is -0.319. The number of rotatable bonds is 6. The molecule has 2 aromatic rings. The second-order valence-electron chi connectivity index (χ2n) is 5.68. The van der Waals surface area contributed by atoms with Gasteiger partial charge in [0.2, 0.25) is 5.79 Å². The van der Waals surface area contributed by atoms with Crippen LogP contribution in [-0.4, -0.2) is 30.6 Å². The maximum atomic E-state index is 10.8. The third-order valence-corrected chi connectivity index (χ3v) is 5.19. The molecule has 0 saturated carbocycles. The van der Waals surface area contributed by atoms with Crippen LogP contribution < -0.4 is 9.84 Å². The summed E-state index contributed by atoms with van der Waals surface area (Å²) in [4.78, 5) is 10.8. The van der Waals surface area contributed by atoms with Crippen molar-refractivity contribution in [1.29, 1.82) is 0 Å². The lowest BCUT2D eigenvalue weighted by Gasteiger charge is -2.27. The Labute approximate surface area is 168 Å². The highest BCUT2D eigenvalue weighted by Gasteiger charge is 2.44. The molecule has 26 heavy (non-hydrogen) atoms. The minimum Gasteiger partial charge on any atom is -0.545 e. The monoisotopic (exact) mass is 459 g/mol. The Morgan fingerprint density at radius 1 is 1.27 bits per heavy atom. The quantitative estimate of drug-likeness (QED) is 0.618. The van der Waals surface area contributed by atoms with Crippen LogP contribution in [0.5, 0.6) is 5.75 Å². The summed E-state index contributed by atoms with van der Waals surface area (Å²) in [6, 6.07) is 11.1. The Balaban J connectivity index is 1.66. The van der Waals surface area contributed by atoms with Crippen LogP contribution in [-0.2, 0) is 15.3 Å². The van der Waals surface area contributed by atoms with E-state index in [4.69, 9.17) is 37.4 Å². The van der Waals surface area contributed by atoms with Gasteiger partial charge in [0.1, 0.15) is 18.5 Å². The molecule has 0 amide bonds. The maximum Gasteiger partial charge on any atom is 0.206 e. The fourth-order valence-electron chi connectivity index (χ4n) is 2.61. The van der Waals surface area contributed by atoms with Gasteiger partial charge in [0.25, 0.3) is 0 Å². The molecule has 0 aromatic heterocycles. The van der Waals surface area contributed by atoms with Crippen LogP contribution in [0.15, 0.2) is 42.5 Å². The Morgan fingerprint density at radius 3 is 2.62 bits per heavy atom. The molecule has 0 N–H and O–H groups in total. The lowest BCUT2D eigenvalue weighted by atomic mass is 10.1. The molecule has 0 aliphatic carbocycles. The van der Waals surface area contributed by atoms with Gasteiger partial charge in [-0.15, -0.1) is 0 Å². The van der Waals surface area contributed by atoms with E-state index in [9.17, 15) is 9.90 Å². The number of halogens is 3. The van der Waals surface area contributed by atoms with Crippen molar-refractivity contribution in [3.05, 3.63) is 63.6 Å². The smallest absolute Gasteiger partial charge is 0.206 e. The van der Waals surface area contributed by atoms with Crippen molar-refractivity contribution in [2.75, 3.05) is 18.5 Å². The number of carbonyl (C=O) groups is 1. The van der Waals surface area contributed by atoms with Gasteiger partial charge in [-0.05, 0) is 42.0 Å². The SMILES string of the molecule is O=C([O-])c1ccc(OCC2COC(CBr)(c3ccc(Cl)cc3Cl)O2)cc1. The molecule has 3 rings (SSSR count). The van der Waals surface area contributed by atoms with E-state index >= 15 is 0 Å². The first-order valence-electron chi connectivity index (χ1n) is 7.71. The van der Waals surface area contributed by atoms with Crippen LogP contribution in [0, 0.1) is 0 Å². The molecule has 0 radical (unpaired) electrons. The van der Waals surface area contributed by atoms with Gasteiger partial charge < -0.3 is 24.1 Å². The van der Waals surface area contributed by atoms with Crippen LogP contribution >= 0.6 is 39.1 Å². The van der Waals surface area contributed by atoms with Crippen LogP contribution in [0.4, 0.5) is 0 Å². The number of alkyl halides is 1. The van der Waals surface area contributed by atoms with Gasteiger partial charge in [0.15, 0.2) is 0 Å². The van der Waals surface area contributed by atoms with E-state index in [-0.39, 0.29) is 18.3 Å². The Bertz CT molecular complexity index is 799. The van der Waals surface area contributed by atoms with E-state index < -0.39 is 11.8 Å². The van der Waals surface area contributed by atoms with Crippen molar-refractivity contribution in [2.45, 2.75) is 11.9 Å². The van der Waals surface area contributed by atoms with Gasteiger partial charge in [-0.3, -0.25) is 0 Å². The maximum absolute atomic E-state index is 10.8. The van der Waals surface area contributed by atoms with E-state index in [0.717, 1.165) is 0 Å². The molecule has 2 aromatic carbocycles. The molecule has 5 nitrogen and oxygen atoms in total. The molecule has 0 bridgehead atoms. The van der Waals surface area contributed by atoms with Gasteiger partial charge in [-0.2, -0.15) is 0 Å².